The lowest BCUT2D eigenvalue weighted by atomic mass is 9.72. The molecule has 0 saturated carbocycles. The summed E-state index contributed by atoms with van der Waals surface area (Å²) in [4.78, 5) is 26.8. The van der Waals surface area contributed by atoms with Crippen molar-refractivity contribution in [3.05, 3.63) is 58.7 Å². The van der Waals surface area contributed by atoms with Gasteiger partial charge in [0, 0.05) is 6.21 Å². The number of rotatable bonds is 9. The fraction of sp³-hybridized carbons (Fsp3) is 0.500. The Morgan fingerprint density at radius 1 is 1.13 bits per heavy atom. The molecule has 0 fully saturated rings. The summed E-state index contributed by atoms with van der Waals surface area (Å²) in [5, 5.41) is 11.2. The molecule has 1 rings (SSSR count). The summed E-state index contributed by atoms with van der Waals surface area (Å²) >= 11 is 0. The first kappa shape index (κ1) is 26.3. The molecule has 0 aromatic rings. The molecule has 0 unspecified atom stereocenters. The van der Waals surface area contributed by atoms with Gasteiger partial charge < -0.3 is 10.4 Å². The first-order valence-corrected chi connectivity index (χ1v) is 10.9. The highest BCUT2D eigenvalue weighted by Gasteiger charge is 2.26. The molecule has 0 heterocycles. The van der Waals surface area contributed by atoms with E-state index in [-0.39, 0.29) is 5.41 Å². The molecule has 2 N–H and O–H groups in total. The number of nitrogens with zero attached hydrogens (tertiary/aromatic N) is 1. The van der Waals surface area contributed by atoms with Crippen LogP contribution in [0.15, 0.2) is 63.7 Å². The smallest absolute Gasteiger partial charge is 0.325 e. The second-order valence-corrected chi connectivity index (χ2v) is 8.99. The number of carboxylic acids is 1. The molecule has 1 aliphatic rings. The van der Waals surface area contributed by atoms with Gasteiger partial charge in [-0.05, 0) is 76.5 Å². The highest BCUT2D eigenvalue weighted by Crippen LogP contribution is 2.40. The van der Waals surface area contributed by atoms with E-state index in [2.05, 4.69) is 56.2 Å². The van der Waals surface area contributed by atoms with Crippen LogP contribution in [0.1, 0.15) is 67.7 Å². The van der Waals surface area contributed by atoms with Crippen LogP contribution < -0.4 is 5.32 Å². The third-order valence-corrected chi connectivity index (χ3v) is 5.53. The van der Waals surface area contributed by atoms with Gasteiger partial charge in [-0.15, -0.1) is 0 Å². The Morgan fingerprint density at radius 3 is 2.39 bits per heavy atom. The van der Waals surface area contributed by atoms with Crippen LogP contribution in [0.5, 0.6) is 0 Å². The molecule has 0 spiro atoms. The number of hydrogen-bond donors (Lipinski definition) is 2. The SMILES string of the molecule is CC(C=CC1=C(C)CCCC1(C)C)=CC=CC(C)=CC=N[C@@H](C)C(=O)N[C@@H](C)C(=O)O. The maximum Gasteiger partial charge on any atom is 0.325 e. The van der Waals surface area contributed by atoms with Crippen LogP contribution in [-0.4, -0.2) is 35.3 Å². The number of nitrogens with one attached hydrogen (secondary N) is 1. The molecular formula is C26H38N2O3. The standard InChI is InChI=1S/C26H38N2O3/c1-18(13-14-23-20(3)12-9-16-26(23,6)7)10-8-11-19(2)15-17-27-21(4)24(29)28-22(5)25(30)31/h8,10-11,13-15,17,21-22H,9,12,16H2,1-7H3,(H,28,29)(H,30,31)/t21-,22-/m0/s1. The molecule has 0 radical (unpaired) electrons. The number of aliphatic imine (C=N–C) groups is 1. The second-order valence-electron chi connectivity index (χ2n) is 8.99. The molecule has 2 atom stereocenters. The van der Waals surface area contributed by atoms with E-state index in [0.29, 0.717) is 0 Å². The van der Waals surface area contributed by atoms with Crippen LogP contribution in [0.3, 0.4) is 0 Å². The van der Waals surface area contributed by atoms with E-state index in [1.54, 1.807) is 13.1 Å². The van der Waals surface area contributed by atoms with Crippen LogP contribution in [0.4, 0.5) is 0 Å². The summed E-state index contributed by atoms with van der Waals surface area (Å²) in [6, 6.07) is -1.58. The van der Waals surface area contributed by atoms with Gasteiger partial charge in [-0.25, -0.2) is 0 Å². The quantitative estimate of drug-likeness (QED) is 0.374. The minimum atomic E-state index is -1.07. The summed E-state index contributed by atoms with van der Waals surface area (Å²) in [5.41, 5.74) is 5.37. The predicted molar refractivity (Wildman–Crippen MR) is 129 cm³/mol. The Labute approximate surface area is 187 Å². The van der Waals surface area contributed by atoms with E-state index in [1.165, 1.54) is 42.9 Å². The number of hydrogen-bond acceptors (Lipinski definition) is 3. The van der Waals surface area contributed by atoms with Crippen LogP contribution in [0, 0.1) is 5.41 Å². The minimum absolute atomic E-state index is 0.243. The van der Waals surface area contributed by atoms with Gasteiger partial charge in [0.1, 0.15) is 12.1 Å². The second kappa shape index (κ2) is 12.2. The van der Waals surface area contributed by atoms with Gasteiger partial charge in [-0.2, -0.15) is 0 Å². The monoisotopic (exact) mass is 426 g/mol. The molecular weight excluding hydrogens is 388 g/mol. The van der Waals surface area contributed by atoms with E-state index in [0.717, 1.165) is 5.57 Å². The zero-order valence-corrected chi connectivity index (χ0v) is 20.0. The lowest BCUT2D eigenvalue weighted by molar-refractivity contribution is -0.141. The van der Waals surface area contributed by atoms with Crippen molar-refractivity contribution < 1.29 is 14.7 Å². The molecule has 31 heavy (non-hydrogen) atoms. The van der Waals surface area contributed by atoms with Crippen molar-refractivity contribution in [3.63, 3.8) is 0 Å². The molecule has 5 heteroatoms. The highest BCUT2D eigenvalue weighted by atomic mass is 16.4. The van der Waals surface area contributed by atoms with Gasteiger partial charge in [0.2, 0.25) is 5.91 Å². The number of allylic oxidation sites excluding steroid dienone is 10. The molecule has 170 valence electrons. The molecule has 0 bridgehead atoms. The number of amides is 1. The van der Waals surface area contributed by atoms with E-state index in [1.807, 2.05) is 25.2 Å². The van der Waals surface area contributed by atoms with Crippen LogP contribution in [0.25, 0.3) is 0 Å². The van der Waals surface area contributed by atoms with Gasteiger partial charge in [0.05, 0.1) is 0 Å². The largest absolute Gasteiger partial charge is 0.480 e. The van der Waals surface area contributed by atoms with Crippen molar-refractivity contribution in [3.8, 4) is 0 Å². The van der Waals surface area contributed by atoms with Crippen molar-refractivity contribution >= 4 is 18.1 Å². The van der Waals surface area contributed by atoms with Crippen molar-refractivity contribution in [2.24, 2.45) is 10.4 Å². The number of carboxylic acid groups (broad SMARTS) is 1. The molecule has 0 aromatic heterocycles. The van der Waals surface area contributed by atoms with Crippen molar-refractivity contribution in [2.75, 3.05) is 0 Å². The minimum Gasteiger partial charge on any atom is -0.480 e. The number of carbonyl (C=O) groups is 2. The van der Waals surface area contributed by atoms with Crippen molar-refractivity contribution in [2.45, 2.75) is 79.8 Å². The fourth-order valence-electron chi connectivity index (χ4n) is 3.44. The molecule has 5 nitrogen and oxygen atoms in total. The Bertz CT molecular complexity index is 839. The molecule has 0 aromatic carbocycles. The van der Waals surface area contributed by atoms with E-state index < -0.39 is 24.0 Å². The van der Waals surface area contributed by atoms with E-state index in [9.17, 15) is 9.59 Å². The summed E-state index contributed by atoms with van der Waals surface area (Å²) in [6.45, 7) is 14.0. The van der Waals surface area contributed by atoms with Crippen molar-refractivity contribution in [1.29, 1.82) is 0 Å². The Hall–Kier alpha value is -2.69. The van der Waals surface area contributed by atoms with Gasteiger partial charge >= 0.3 is 5.97 Å². The van der Waals surface area contributed by atoms with Gasteiger partial charge in [0.25, 0.3) is 0 Å². The fourth-order valence-corrected chi connectivity index (χ4v) is 3.44. The van der Waals surface area contributed by atoms with Crippen LogP contribution in [0.2, 0.25) is 0 Å². The molecule has 0 saturated heterocycles. The Balaban J connectivity index is 2.65. The summed E-state index contributed by atoms with van der Waals surface area (Å²) < 4.78 is 0. The van der Waals surface area contributed by atoms with E-state index in [4.69, 9.17) is 5.11 Å². The first-order chi connectivity index (χ1) is 14.4. The average molecular weight is 427 g/mol. The van der Waals surface area contributed by atoms with Crippen LogP contribution in [-0.2, 0) is 9.59 Å². The number of carbonyl (C=O) groups excluding carboxylic acids is 1. The number of aliphatic carboxylic acids is 1. The predicted octanol–water partition coefficient (Wildman–Crippen LogP) is 5.57. The van der Waals surface area contributed by atoms with Crippen molar-refractivity contribution in [1.82, 2.24) is 5.32 Å². The first-order valence-electron chi connectivity index (χ1n) is 10.9. The summed E-state index contributed by atoms with van der Waals surface area (Å²) in [5.74, 6) is -1.48. The average Bonchev–Trinajstić information content (AvgIpc) is 2.66. The Kier molecular flexibility index (Phi) is 10.4. The summed E-state index contributed by atoms with van der Waals surface area (Å²) in [6.07, 6.45) is 17.6. The normalized spacial score (nSPS) is 20.0. The maximum absolute atomic E-state index is 11.9. The molecule has 1 aliphatic carbocycles. The summed E-state index contributed by atoms with van der Waals surface area (Å²) in [7, 11) is 0. The maximum atomic E-state index is 11.9. The Morgan fingerprint density at radius 2 is 1.77 bits per heavy atom. The third-order valence-electron chi connectivity index (χ3n) is 5.53. The zero-order chi connectivity index (χ0) is 23.6. The van der Waals surface area contributed by atoms with Gasteiger partial charge in [-0.3, -0.25) is 14.6 Å². The third kappa shape index (κ3) is 9.33. The van der Waals surface area contributed by atoms with Gasteiger partial charge in [0.15, 0.2) is 0 Å². The van der Waals surface area contributed by atoms with Crippen LogP contribution >= 0.6 is 0 Å². The zero-order valence-electron chi connectivity index (χ0n) is 20.0. The lowest BCUT2D eigenvalue weighted by Gasteiger charge is -2.32. The molecule has 1 amide bonds. The topological polar surface area (TPSA) is 78.8 Å². The molecule has 0 aliphatic heterocycles. The lowest BCUT2D eigenvalue weighted by Crippen LogP contribution is -2.42. The van der Waals surface area contributed by atoms with E-state index >= 15 is 0 Å². The highest BCUT2D eigenvalue weighted by molar-refractivity contribution is 5.88. The van der Waals surface area contributed by atoms with Gasteiger partial charge in [-0.1, -0.05) is 55.4 Å².